The summed E-state index contributed by atoms with van der Waals surface area (Å²) in [5, 5.41) is 0. The quantitative estimate of drug-likeness (QED) is 0.477. The number of fused-ring (bicyclic) bond motifs is 1. The van der Waals surface area contributed by atoms with E-state index in [4.69, 9.17) is 6.42 Å². The van der Waals surface area contributed by atoms with Crippen LogP contribution in [-0.4, -0.2) is 0 Å². The van der Waals surface area contributed by atoms with Gasteiger partial charge in [0.2, 0.25) is 0 Å². The summed E-state index contributed by atoms with van der Waals surface area (Å²) in [5.41, 5.74) is 5.00. The SMILES string of the molecule is C#Cc1ccccc1C.c1cc2cc-2c1. The molecule has 0 fully saturated rings. The Bertz CT molecular complexity index is 498. The van der Waals surface area contributed by atoms with Crippen LogP contribution in [0, 0.1) is 19.3 Å². The zero-order chi connectivity index (χ0) is 10.7. The molecule has 2 aliphatic rings. The van der Waals surface area contributed by atoms with Crippen LogP contribution in [-0.2, 0) is 0 Å². The second-order valence-electron chi connectivity index (χ2n) is 3.54. The van der Waals surface area contributed by atoms with Gasteiger partial charge in [-0.2, -0.15) is 0 Å². The molecule has 0 bridgehead atoms. The topological polar surface area (TPSA) is 0 Å². The van der Waals surface area contributed by atoms with E-state index in [2.05, 4.69) is 30.2 Å². The van der Waals surface area contributed by atoms with Gasteiger partial charge in [0.05, 0.1) is 0 Å². The van der Waals surface area contributed by atoms with Crippen LogP contribution in [0.4, 0.5) is 0 Å². The highest BCUT2D eigenvalue weighted by molar-refractivity contribution is 5.80. The van der Waals surface area contributed by atoms with Gasteiger partial charge in [0, 0.05) is 5.56 Å². The first-order valence-electron chi connectivity index (χ1n) is 4.94. The van der Waals surface area contributed by atoms with E-state index in [1.165, 1.54) is 16.7 Å². The molecule has 0 heterocycles. The molecule has 0 N–H and O–H groups in total. The van der Waals surface area contributed by atoms with E-state index in [-0.39, 0.29) is 0 Å². The van der Waals surface area contributed by atoms with E-state index < -0.39 is 0 Å². The van der Waals surface area contributed by atoms with Gasteiger partial charge in [-0.15, -0.1) is 6.42 Å². The van der Waals surface area contributed by atoms with Crippen molar-refractivity contribution in [2.45, 2.75) is 6.92 Å². The van der Waals surface area contributed by atoms with Gasteiger partial charge in [-0.05, 0) is 35.7 Å². The lowest BCUT2D eigenvalue weighted by atomic mass is 10.1. The summed E-state index contributed by atoms with van der Waals surface area (Å²) in [4.78, 5) is 0. The lowest BCUT2D eigenvalue weighted by Crippen LogP contribution is -1.77. The Morgan fingerprint density at radius 3 is 1.93 bits per heavy atom. The Kier molecular flexibility index (Phi) is 2.56. The second-order valence-corrected chi connectivity index (χ2v) is 3.54. The number of rotatable bonds is 0. The van der Waals surface area contributed by atoms with Crippen LogP contribution in [0.2, 0.25) is 0 Å². The van der Waals surface area contributed by atoms with Gasteiger partial charge in [0.15, 0.2) is 0 Å². The van der Waals surface area contributed by atoms with Gasteiger partial charge in [-0.1, -0.05) is 42.3 Å². The van der Waals surface area contributed by atoms with Crippen molar-refractivity contribution in [2.24, 2.45) is 0 Å². The molecular formula is C15H12. The largest absolute Gasteiger partial charge is 0.115 e. The highest BCUT2D eigenvalue weighted by atomic mass is 14.1. The molecule has 0 atom stereocenters. The van der Waals surface area contributed by atoms with Crippen molar-refractivity contribution in [3.05, 3.63) is 59.7 Å². The maximum Gasteiger partial charge on any atom is 0.0271 e. The maximum absolute atomic E-state index is 5.20. The number of hydrogen-bond donors (Lipinski definition) is 0. The number of aryl methyl sites for hydroxylation is 1. The number of hydrogen-bond acceptors (Lipinski definition) is 0. The van der Waals surface area contributed by atoms with E-state index in [1.807, 2.05) is 31.2 Å². The summed E-state index contributed by atoms with van der Waals surface area (Å²) in [6.07, 6.45) is 5.20. The summed E-state index contributed by atoms with van der Waals surface area (Å²) in [7, 11) is 0. The zero-order valence-corrected chi connectivity index (χ0v) is 8.70. The highest BCUT2D eigenvalue weighted by Crippen LogP contribution is 2.32. The summed E-state index contributed by atoms with van der Waals surface area (Å²) in [6.45, 7) is 2.01. The Hall–Kier alpha value is -2.00. The summed E-state index contributed by atoms with van der Waals surface area (Å²) >= 11 is 0. The van der Waals surface area contributed by atoms with Crippen LogP contribution in [0.5, 0.6) is 0 Å². The molecular weight excluding hydrogens is 180 g/mol. The van der Waals surface area contributed by atoms with E-state index in [0.717, 1.165) is 5.56 Å². The third kappa shape index (κ3) is 2.27. The third-order valence-corrected chi connectivity index (χ3v) is 2.41. The molecule has 0 amide bonds. The van der Waals surface area contributed by atoms with Crippen molar-refractivity contribution in [1.29, 1.82) is 0 Å². The van der Waals surface area contributed by atoms with Crippen LogP contribution in [0.1, 0.15) is 11.1 Å². The van der Waals surface area contributed by atoms with Gasteiger partial charge < -0.3 is 0 Å². The Morgan fingerprint density at radius 1 is 0.933 bits per heavy atom. The lowest BCUT2D eigenvalue weighted by molar-refractivity contribution is 1.44. The highest BCUT2D eigenvalue weighted by Gasteiger charge is 2.06. The average Bonchev–Trinajstić information content (AvgIpc) is 2.87. The van der Waals surface area contributed by atoms with Crippen molar-refractivity contribution >= 4 is 0 Å². The molecule has 0 saturated heterocycles. The lowest BCUT2D eigenvalue weighted by Gasteiger charge is -1.92. The zero-order valence-electron chi connectivity index (χ0n) is 8.70. The van der Waals surface area contributed by atoms with Crippen molar-refractivity contribution in [1.82, 2.24) is 0 Å². The van der Waals surface area contributed by atoms with Gasteiger partial charge in [0.1, 0.15) is 0 Å². The molecule has 0 saturated carbocycles. The normalized spacial score (nSPS) is 9.60. The molecule has 0 nitrogen and oxygen atoms in total. The average molecular weight is 192 g/mol. The predicted octanol–water partition coefficient (Wildman–Crippen LogP) is 3.64. The van der Waals surface area contributed by atoms with E-state index in [1.54, 1.807) is 0 Å². The van der Waals surface area contributed by atoms with Crippen LogP contribution in [0.3, 0.4) is 0 Å². The van der Waals surface area contributed by atoms with Crippen molar-refractivity contribution in [2.75, 3.05) is 0 Å². The molecule has 0 heteroatoms. The van der Waals surface area contributed by atoms with Crippen molar-refractivity contribution < 1.29 is 0 Å². The fraction of sp³-hybridized carbons (Fsp3) is 0.0667. The standard InChI is InChI=1S/C9H8.C6H4/c1-3-9-7-5-4-6-8(9)2;1-2-5-4-6(5)3-1/h1,4-7H,2H3;1-4H. The molecule has 0 aromatic heterocycles. The molecule has 72 valence electrons. The fourth-order valence-electron chi connectivity index (χ4n) is 1.41. The van der Waals surface area contributed by atoms with Crippen LogP contribution in [0.15, 0.2) is 48.5 Å². The summed E-state index contributed by atoms with van der Waals surface area (Å²) in [6, 6.07) is 16.4. The summed E-state index contributed by atoms with van der Waals surface area (Å²) < 4.78 is 0. The monoisotopic (exact) mass is 192 g/mol. The van der Waals surface area contributed by atoms with Gasteiger partial charge in [0.25, 0.3) is 0 Å². The smallest absolute Gasteiger partial charge is 0.0271 e. The van der Waals surface area contributed by atoms with Gasteiger partial charge >= 0.3 is 0 Å². The Labute approximate surface area is 90.6 Å². The van der Waals surface area contributed by atoms with Crippen molar-refractivity contribution in [3.63, 3.8) is 0 Å². The first-order chi connectivity index (χ1) is 7.31. The fourth-order valence-corrected chi connectivity index (χ4v) is 1.41. The van der Waals surface area contributed by atoms with E-state index >= 15 is 0 Å². The Balaban J connectivity index is 0.000000121. The molecule has 0 unspecified atom stereocenters. The summed E-state index contributed by atoms with van der Waals surface area (Å²) in [5.74, 6) is 2.60. The maximum atomic E-state index is 5.20. The van der Waals surface area contributed by atoms with Crippen LogP contribution < -0.4 is 0 Å². The number of benzene rings is 2. The number of terminal acetylenes is 1. The molecule has 15 heavy (non-hydrogen) atoms. The minimum absolute atomic E-state index is 0.984. The molecule has 1 aromatic rings. The van der Waals surface area contributed by atoms with Gasteiger partial charge in [-0.3, -0.25) is 0 Å². The minimum atomic E-state index is 0.984. The molecule has 2 aliphatic carbocycles. The Morgan fingerprint density at radius 2 is 1.60 bits per heavy atom. The second kappa shape index (κ2) is 4.02. The van der Waals surface area contributed by atoms with E-state index in [0.29, 0.717) is 0 Å². The molecule has 0 radical (unpaired) electrons. The van der Waals surface area contributed by atoms with Crippen molar-refractivity contribution in [3.8, 4) is 23.5 Å². The van der Waals surface area contributed by atoms with Crippen LogP contribution >= 0.6 is 0 Å². The van der Waals surface area contributed by atoms with Gasteiger partial charge in [-0.25, -0.2) is 0 Å². The van der Waals surface area contributed by atoms with Crippen LogP contribution in [0.25, 0.3) is 11.1 Å². The first-order valence-corrected chi connectivity index (χ1v) is 4.94. The minimum Gasteiger partial charge on any atom is -0.115 e. The molecule has 1 aromatic carbocycles. The molecule has 0 aliphatic heterocycles. The predicted molar refractivity (Wildman–Crippen MR) is 64.6 cm³/mol. The first kappa shape index (κ1) is 9.55. The molecule has 0 spiro atoms. The molecule has 3 rings (SSSR count). The third-order valence-electron chi connectivity index (χ3n) is 2.41. The van der Waals surface area contributed by atoms with E-state index in [9.17, 15) is 0 Å².